The fourth-order valence-corrected chi connectivity index (χ4v) is 1.80. The van der Waals surface area contributed by atoms with Crippen LogP contribution in [0.1, 0.15) is 11.6 Å². The molecule has 1 aromatic heterocycles. The Morgan fingerprint density at radius 2 is 2.33 bits per heavy atom. The molecule has 0 aliphatic heterocycles. The number of halogens is 1. The monoisotopic (exact) mass is 221 g/mol. The van der Waals surface area contributed by atoms with Gasteiger partial charge in [-0.2, -0.15) is 0 Å². The molecule has 2 N–H and O–H groups in total. The van der Waals surface area contributed by atoms with Gasteiger partial charge in [0.05, 0.1) is 12.4 Å². The lowest BCUT2D eigenvalue weighted by Gasteiger charge is -2.16. The predicted molar refractivity (Wildman–Crippen MR) is 60.9 cm³/mol. The van der Waals surface area contributed by atoms with E-state index in [-0.39, 0.29) is 6.04 Å². The second-order valence-corrected chi connectivity index (χ2v) is 3.75. The first-order valence-corrected chi connectivity index (χ1v) is 5.12. The van der Waals surface area contributed by atoms with Gasteiger partial charge in [0.2, 0.25) is 0 Å². The van der Waals surface area contributed by atoms with Gasteiger partial charge in [0.25, 0.3) is 0 Å². The van der Waals surface area contributed by atoms with Crippen molar-refractivity contribution in [3.63, 3.8) is 0 Å². The van der Waals surface area contributed by atoms with Crippen LogP contribution in [0.4, 0.5) is 0 Å². The molecule has 1 unspecified atom stereocenters. The summed E-state index contributed by atoms with van der Waals surface area (Å²) in [6.45, 7) is 0.525. The van der Waals surface area contributed by atoms with Gasteiger partial charge in [-0.15, -0.1) is 0 Å². The Balaban J connectivity index is 2.35. The van der Waals surface area contributed by atoms with Crippen LogP contribution in [0.5, 0.6) is 0 Å². The number of rotatable bonds is 3. The van der Waals surface area contributed by atoms with E-state index in [1.54, 1.807) is 12.5 Å². The minimum atomic E-state index is 0.103. The SMILES string of the molecule is NCC(c1cccc(Cl)c1)n1ccnc1. The van der Waals surface area contributed by atoms with Crippen molar-refractivity contribution < 1.29 is 0 Å². The summed E-state index contributed by atoms with van der Waals surface area (Å²) in [5, 5.41) is 0.728. The Hall–Kier alpha value is -1.32. The zero-order chi connectivity index (χ0) is 10.7. The van der Waals surface area contributed by atoms with E-state index >= 15 is 0 Å². The van der Waals surface area contributed by atoms with Gasteiger partial charge in [-0.25, -0.2) is 4.98 Å². The van der Waals surface area contributed by atoms with Gasteiger partial charge >= 0.3 is 0 Å². The molecule has 1 heterocycles. The molecular formula is C11H12ClN3. The second-order valence-electron chi connectivity index (χ2n) is 3.32. The Morgan fingerprint density at radius 1 is 1.47 bits per heavy atom. The highest BCUT2D eigenvalue weighted by Crippen LogP contribution is 2.20. The average Bonchev–Trinajstić information content (AvgIpc) is 2.72. The van der Waals surface area contributed by atoms with Crippen molar-refractivity contribution in [3.8, 4) is 0 Å². The quantitative estimate of drug-likeness (QED) is 0.863. The summed E-state index contributed by atoms with van der Waals surface area (Å²) in [5.41, 5.74) is 6.85. The molecule has 15 heavy (non-hydrogen) atoms. The Bertz CT molecular complexity index is 425. The second kappa shape index (κ2) is 4.47. The van der Waals surface area contributed by atoms with Crippen molar-refractivity contribution in [3.05, 3.63) is 53.6 Å². The van der Waals surface area contributed by atoms with Gasteiger partial charge in [-0.1, -0.05) is 23.7 Å². The molecule has 78 valence electrons. The molecule has 0 fully saturated rings. The highest BCUT2D eigenvalue weighted by molar-refractivity contribution is 6.30. The third-order valence-corrected chi connectivity index (χ3v) is 2.58. The molecule has 0 bridgehead atoms. The number of imidazole rings is 1. The van der Waals surface area contributed by atoms with Crippen molar-refractivity contribution in [2.75, 3.05) is 6.54 Å². The molecule has 3 nitrogen and oxygen atoms in total. The van der Waals surface area contributed by atoms with E-state index in [2.05, 4.69) is 4.98 Å². The molecule has 0 saturated carbocycles. The van der Waals surface area contributed by atoms with Crippen molar-refractivity contribution in [2.24, 2.45) is 5.73 Å². The first kappa shape index (κ1) is 10.2. The summed E-state index contributed by atoms with van der Waals surface area (Å²) in [5.74, 6) is 0. The molecule has 2 rings (SSSR count). The lowest BCUT2D eigenvalue weighted by molar-refractivity contribution is 0.594. The summed E-state index contributed by atoms with van der Waals surface area (Å²) < 4.78 is 1.98. The van der Waals surface area contributed by atoms with Gasteiger partial charge < -0.3 is 10.3 Å². The third kappa shape index (κ3) is 2.19. The third-order valence-electron chi connectivity index (χ3n) is 2.34. The van der Waals surface area contributed by atoms with Crippen LogP contribution in [0.3, 0.4) is 0 Å². The minimum Gasteiger partial charge on any atom is -0.329 e. The molecule has 0 saturated heterocycles. The van der Waals surface area contributed by atoms with E-state index in [1.807, 2.05) is 35.0 Å². The highest BCUT2D eigenvalue weighted by Gasteiger charge is 2.10. The number of hydrogen-bond acceptors (Lipinski definition) is 2. The van der Waals surface area contributed by atoms with Crippen LogP contribution in [0.25, 0.3) is 0 Å². The Morgan fingerprint density at radius 3 is 2.93 bits per heavy atom. The number of nitrogens with zero attached hydrogens (tertiary/aromatic N) is 2. The van der Waals surface area contributed by atoms with Crippen LogP contribution in [-0.2, 0) is 0 Å². The number of aromatic nitrogens is 2. The van der Waals surface area contributed by atoms with Gasteiger partial charge in [-0.05, 0) is 17.7 Å². The lowest BCUT2D eigenvalue weighted by Crippen LogP contribution is -2.19. The van der Waals surface area contributed by atoms with Crippen molar-refractivity contribution in [2.45, 2.75) is 6.04 Å². The molecular weight excluding hydrogens is 210 g/mol. The Kier molecular flexibility index (Phi) is 3.04. The molecule has 0 spiro atoms. The van der Waals surface area contributed by atoms with E-state index < -0.39 is 0 Å². The molecule has 1 aromatic carbocycles. The summed E-state index contributed by atoms with van der Waals surface area (Å²) in [4.78, 5) is 4.01. The number of hydrogen-bond donors (Lipinski definition) is 1. The molecule has 4 heteroatoms. The normalized spacial score (nSPS) is 12.7. The van der Waals surface area contributed by atoms with Crippen LogP contribution in [0, 0.1) is 0 Å². The van der Waals surface area contributed by atoms with E-state index in [9.17, 15) is 0 Å². The van der Waals surface area contributed by atoms with Crippen molar-refractivity contribution >= 4 is 11.6 Å². The largest absolute Gasteiger partial charge is 0.329 e. The van der Waals surface area contributed by atoms with Crippen LogP contribution in [-0.4, -0.2) is 16.1 Å². The number of nitrogens with two attached hydrogens (primary N) is 1. The molecule has 0 amide bonds. The fourth-order valence-electron chi connectivity index (χ4n) is 1.60. The predicted octanol–water partition coefficient (Wildman–Crippen LogP) is 2.08. The standard InChI is InChI=1S/C11H12ClN3/c12-10-3-1-2-9(6-10)11(7-13)15-5-4-14-8-15/h1-6,8,11H,7,13H2. The zero-order valence-electron chi connectivity index (χ0n) is 8.18. The fraction of sp³-hybridized carbons (Fsp3) is 0.182. The van der Waals surface area contributed by atoms with Crippen LogP contribution in [0.15, 0.2) is 43.0 Å². The Labute approximate surface area is 93.5 Å². The summed E-state index contributed by atoms with van der Waals surface area (Å²) in [6.07, 6.45) is 5.41. The molecule has 2 aromatic rings. The first-order chi connectivity index (χ1) is 7.31. The van der Waals surface area contributed by atoms with Crippen LogP contribution in [0.2, 0.25) is 5.02 Å². The summed E-state index contributed by atoms with van der Waals surface area (Å²) >= 11 is 5.94. The van der Waals surface area contributed by atoms with E-state index in [0.29, 0.717) is 6.54 Å². The smallest absolute Gasteiger partial charge is 0.0952 e. The topological polar surface area (TPSA) is 43.8 Å². The van der Waals surface area contributed by atoms with E-state index in [0.717, 1.165) is 10.6 Å². The zero-order valence-corrected chi connectivity index (χ0v) is 8.93. The molecule has 0 aliphatic rings. The number of benzene rings is 1. The lowest BCUT2D eigenvalue weighted by atomic mass is 10.1. The van der Waals surface area contributed by atoms with Gasteiger partial charge in [0, 0.05) is 24.0 Å². The maximum Gasteiger partial charge on any atom is 0.0952 e. The first-order valence-electron chi connectivity index (χ1n) is 4.74. The highest BCUT2D eigenvalue weighted by atomic mass is 35.5. The average molecular weight is 222 g/mol. The molecule has 1 atom stereocenters. The van der Waals surface area contributed by atoms with Crippen LogP contribution < -0.4 is 5.73 Å². The minimum absolute atomic E-state index is 0.103. The maximum absolute atomic E-state index is 5.94. The summed E-state index contributed by atoms with van der Waals surface area (Å²) in [6, 6.07) is 7.83. The van der Waals surface area contributed by atoms with Gasteiger partial charge in [0.1, 0.15) is 0 Å². The van der Waals surface area contributed by atoms with Gasteiger partial charge in [0.15, 0.2) is 0 Å². The maximum atomic E-state index is 5.94. The van der Waals surface area contributed by atoms with E-state index in [1.165, 1.54) is 0 Å². The van der Waals surface area contributed by atoms with Crippen molar-refractivity contribution in [1.82, 2.24) is 9.55 Å². The van der Waals surface area contributed by atoms with Crippen LogP contribution >= 0.6 is 11.6 Å². The molecule has 0 radical (unpaired) electrons. The van der Waals surface area contributed by atoms with Gasteiger partial charge in [-0.3, -0.25) is 0 Å². The van der Waals surface area contributed by atoms with E-state index in [4.69, 9.17) is 17.3 Å². The summed E-state index contributed by atoms with van der Waals surface area (Å²) in [7, 11) is 0. The van der Waals surface area contributed by atoms with Crippen molar-refractivity contribution in [1.29, 1.82) is 0 Å². The molecule has 0 aliphatic carbocycles.